The molecule has 5 nitrogen and oxygen atoms in total. The lowest BCUT2D eigenvalue weighted by Gasteiger charge is -2.48. The van der Waals surface area contributed by atoms with Gasteiger partial charge in [0.1, 0.15) is 11.6 Å². The van der Waals surface area contributed by atoms with Crippen LogP contribution >= 0.6 is 0 Å². The number of aliphatic hydroxyl groups is 1. The quantitative estimate of drug-likeness (QED) is 0.212. The van der Waals surface area contributed by atoms with E-state index in [-0.39, 0.29) is 17.5 Å². The number of halogens is 2. The highest BCUT2D eigenvalue weighted by atomic mass is 19.1. The molecule has 7 heteroatoms. The molecule has 0 saturated carbocycles. The molecule has 3 aromatic rings. The smallest absolute Gasteiger partial charge is 0.233 e. The van der Waals surface area contributed by atoms with E-state index in [4.69, 9.17) is 4.74 Å². The zero-order chi connectivity index (χ0) is 29.0. The minimum atomic E-state index is -0.847. The summed E-state index contributed by atoms with van der Waals surface area (Å²) < 4.78 is 32.2. The Hall–Kier alpha value is -4.23. The Morgan fingerprint density at radius 3 is 2.30 bits per heavy atom. The van der Waals surface area contributed by atoms with Crippen LogP contribution in [0.4, 0.5) is 14.5 Å². The summed E-state index contributed by atoms with van der Waals surface area (Å²) in [6.07, 6.45) is 5.51. The van der Waals surface area contributed by atoms with E-state index < -0.39 is 23.9 Å². The highest BCUT2D eigenvalue weighted by molar-refractivity contribution is 6.04. The standard InChI is InChI=1S/C33H33F2NO4/c1-5-22(24-18-21(3)32(38)30(19-24)40-4)7-6-20(2)31-28(16-17-29(37)23-8-10-25(34)11-9-23)33(39)36(31)27-14-12-26(35)13-15-27/h5-15,18-19,28-29,31,37-38H,2,16-17H2,1,3-4H3/b7-6-,22-5+/t28-,29+,31-/m1/s1. The number of nitrogens with zero attached hydrogens (tertiary/aromatic N) is 1. The number of hydrogen-bond acceptors (Lipinski definition) is 4. The van der Waals surface area contributed by atoms with Crippen LogP contribution in [0, 0.1) is 24.5 Å². The Balaban J connectivity index is 1.57. The number of benzene rings is 3. The number of carbonyl (C=O) groups excluding carboxylic acids is 1. The van der Waals surface area contributed by atoms with Gasteiger partial charge in [0.25, 0.3) is 0 Å². The molecule has 0 bridgehead atoms. The molecule has 1 fully saturated rings. The van der Waals surface area contributed by atoms with Gasteiger partial charge in [-0.25, -0.2) is 8.78 Å². The Morgan fingerprint density at radius 1 is 1.07 bits per heavy atom. The van der Waals surface area contributed by atoms with Gasteiger partial charge in [-0.2, -0.15) is 0 Å². The molecule has 0 aliphatic carbocycles. The first-order chi connectivity index (χ1) is 19.1. The molecule has 0 aromatic heterocycles. The third-order valence-electron chi connectivity index (χ3n) is 7.31. The number of β-lactam (4-membered cyclic amide) rings is 1. The van der Waals surface area contributed by atoms with Crippen molar-refractivity contribution in [2.75, 3.05) is 12.0 Å². The van der Waals surface area contributed by atoms with Gasteiger partial charge in [0.15, 0.2) is 11.5 Å². The van der Waals surface area contributed by atoms with Crippen LogP contribution in [0.25, 0.3) is 5.57 Å². The maximum absolute atomic E-state index is 13.6. The molecule has 0 radical (unpaired) electrons. The Labute approximate surface area is 233 Å². The molecule has 40 heavy (non-hydrogen) atoms. The highest BCUT2D eigenvalue weighted by Gasteiger charge is 2.48. The van der Waals surface area contributed by atoms with Gasteiger partial charge in [0.05, 0.1) is 25.2 Å². The number of aromatic hydroxyl groups is 1. The first-order valence-electron chi connectivity index (χ1n) is 13.1. The highest BCUT2D eigenvalue weighted by Crippen LogP contribution is 2.41. The summed E-state index contributed by atoms with van der Waals surface area (Å²) >= 11 is 0. The fourth-order valence-electron chi connectivity index (χ4n) is 5.06. The number of amides is 1. The number of ether oxygens (including phenoxy) is 1. The number of allylic oxidation sites excluding steroid dienone is 3. The molecule has 1 aliphatic rings. The topological polar surface area (TPSA) is 70.0 Å². The van der Waals surface area contributed by atoms with E-state index in [1.165, 1.54) is 43.5 Å². The zero-order valence-corrected chi connectivity index (χ0v) is 22.8. The van der Waals surface area contributed by atoms with Gasteiger partial charge in [-0.3, -0.25) is 4.79 Å². The lowest BCUT2D eigenvalue weighted by atomic mass is 9.78. The summed E-state index contributed by atoms with van der Waals surface area (Å²) in [6.45, 7) is 7.96. The van der Waals surface area contributed by atoms with Crippen LogP contribution in [0.2, 0.25) is 0 Å². The second kappa shape index (κ2) is 12.3. The van der Waals surface area contributed by atoms with Crippen molar-refractivity contribution < 1.29 is 28.5 Å². The maximum Gasteiger partial charge on any atom is 0.233 e. The lowest BCUT2D eigenvalue weighted by molar-refractivity contribution is -0.129. The minimum absolute atomic E-state index is 0.0867. The van der Waals surface area contributed by atoms with Gasteiger partial charge in [-0.15, -0.1) is 0 Å². The summed E-state index contributed by atoms with van der Waals surface area (Å²) in [5.41, 5.74) is 4.20. The molecule has 208 valence electrons. The van der Waals surface area contributed by atoms with E-state index in [9.17, 15) is 23.8 Å². The SMILES string of the molecule is C=C(/C=C\C(=C/C)c1cc(C)c(O)c(OC)c1)[C@@H]1[C@@H](CC[C@H](O)c2ccc(F)cc2)C(=O)N1c1ccc(F)cc1. The number of rotatable bonds is 10. The summed E-state index contributed by atoms with van der Waals surface area (Å²) in [5.74, 6) is -0.907. The van der Waals surface area contributed by atoms with Crippen LogP contribution in [0.5, 0.6) is 11.5 Å². The van der Waals surface area contributed by atoms with E-state index in [1.54, 1.807) is 30.0 Å². The summed E-state index contributed by atoms with van der Waals surface area (Å²) in [6, 6.07) is 14.6. The predicted octanol–water partition coefficient (Wildman–Crippen LogP) is 7.05. The lowest BCUT2D eigenvalue weighted by Crippen LogP contribution is -2.61. The third kappa shape index (κ3) is 6.00. The van der Waals surface area contributed by atoms with Crippen molar-refractivity contribution in [3.63, 3.8) is 0 Å². The van der Waals surface area contributed by atoms with E-state index in [2.05, 4.69) is 6.58 Å². The first-order valence-corrected chi connectivity index (χ1v) is 13.1. The second-order valence-corrected chi connectivity index (χ2v) is 9.88. The van der Waals surface area contributed by atoms with Crippen molar-refractivity contribution in [1.82, 2.24) is 0 Å². The van der Waals surface area contributed by atoms with Crippen molar-refractivity contribution in [2.45, 2.75) is 38.8 Å². The van der Waals surface area contributed by atoms with Crippen LogP contribution in [0.15, 0.2) is 91.0 Å². The molecule has 1 saturated heterocycles. The Morgan fingerprint density at radius 2 is 1.70 bits per heavy atom. The van der Waals surface area contributed by atoms with Crippen LogP contribution in [0.3, 0.4) is 0 Å². The molecule has 0 unspecified atom stereocenters. The number of aliphatic hydroxyl groups excluding tert-OH is 1. The average Bonchev–Trinajstić information content (AvgIpc) is 2.94. The molecule has 3 atom stereocenters. The second-order valence-electron chi connectivity index (χ2n) is 9.88. The third-order valence-corrected chi connectivity index (χ3v) is 7.31. The van der Waals surface area contributed by atoms with Gasteiger partial charge in [-0.1, -0.05) is 36.9 Å². The first kappa shape index (κ1) is 28.8. The minimum Gasteiger partial charge on any atom is -0.504 e. The molecular formula is C33H33F2NO4. The van der Waals surface area contributed by atoms with Crippen molar-refractivity contribution in [1.29, 1.82) is 0 Å². The van der Waals surface area contributed by atoms with Crippen LogP contribution in [-0.2, 0) is 4.79 Å². The number of methoxy groups -OCH3 is 1. The molecule has 4 rings (SSSR count). The van der Waals surface area contributed by atoms with E-state index in [0.29, 0.717) is 41.0 Å². The maximum atomic E-state index is 13.6. The van der Waals surface area contributed by atoms with Crippen LogP contribution in [-0.4, -0.2) is 29.3 Å². The monoisotopic (exact) mass is 545 g/mol. The van der Waals surface area contributed by atoms with Crippen molar-refractivity contribution in [2.24, 2.45) is 5.92 Å². The molecule has 2 N–H and O–H groups in total. The normalized spacial score (nSPS) is 18.1. The largest absolute Gasteiger partial charge is 0.504 e. The average molecular weight is 546 g/mol. The van der Waals surface area contributed by atoms with Crippen molar-refractivity contribution in [3.8, 4) is 11.5 Å². The number of aryl methyl sites for hydroxylation is 1. The van der Waals surface area contributed by atoms with Crippen molar-refractivity contribution in [3.05, 3.63) is 119 Å². The van der Waals surface area contributed by atoms with Gasteiger partial charge in [0.2, 0.25) is 5.91 Å². The van der Waals surface area contributed by atoms with Crippen LogP contribution in [0.1, 0.15) is 42.6 Å². The fourth-order valence-corrected chi connectivity index (χ4v) is 5.06. The van der Waals surface area contributed by atoms with Crippen molar-refractivity contribution >= 4 is 17.2 Å². The predicted molar refractivity (Wildman–Crippen MR) is 153 cm³/mol. The van der Waals surface area contributed by atoms with Gasteiger partial charge in [0, 0.05) is 5.69 Å². The Bertz CT molecular complexity index is 1440. The van der Waals surface area contributed by atoms with Gasteiger partial charge < -0.3 is 19.8 Å². The summed E-state index contributed by atoms with van der Waals surface area (Å²) in [5, 5.41) is 20.9. The summed E-state index contributed by atoms with van der Waals surface area (Å²) in [4.78, 5) is 14.9. The number of hydrogen-bond donors (Lipinski definition) is 2. The number of carbonyl (C=O) groups is 1. The molecule has 3 aromatic carbocycles. The van der Waals surface area contributed by atoms with E-state index in [0.717, 1.165) is 11.1 Å². The molecule has 0 spiro atoms. The van der Waals surface area contributed by atoms with Gasteiger partial charge in [-0.05, 0) is 103 Å². The van der Waals surface area contributed by atoms with E-state index >= 15 is 0 Å². The van der Waals surface area contributed by atoms with E-state index in [1.807, 2.05) is 31.2 Å². The number of phenols is 1. The van der Waals surface area contributed by atoms with Crippen LogP contribution < -0.4 is 9.64 Å². The molecule has 1 heterocycles. The summed E-state index contributed by atoms with van der Waals surface area (Å²) in [7, 11) is 1.50. The zero-order valence-electron chi connectivity index (χ0n) is 22.8. The number of phenolic OH excluding ortho intramolecular Hbond substituents is 1. The fraction of sp³-hybridized carbons (Fsp3) is 0.242. The number of anilines is 1. The molecule has 1 aliphatic heterocycles. The molecular weight excluding hydrogens is 512 g/mol. The molecule has 1 amide bonds. The van der Waals surface area contributed by atoms with Gasteiger partial charge >= 0.3 is 0 Å². The Kier molecular flexibility index (Phi) is 8.85.